The van der Waals surface area contributed by atoms with Crippen molar-refractivity contribution < 1.29 is 4.74 Å². The summed E-state index contributed by atoms with van der Waals surface area (Å²) in [7, 11) is 0. The van der Waals surface area contributed by atoms with Crippen molar-refractivity contribution in [1.82, 2.24) is 10.3 Å². The average molecular weight is 221 g/mol. The average Bonchev–Trinajstić information content (AvgIpc) is 2.54. The standard InChI is InChI=1S/C8H12N2OS.ClH/c1-6-10-8(5-12-6)7-4-11-3-2-9-7;/h5,7,9H,2-4H2,1H3;1H. The van der Waals surface area contributed by atoms with Crippen LogP contribution < -0.4 is 5.32 Å². The van der Waals surface area contributed by atoms with Gasteiger partial charge in [-0.05, 0) is 6.92 Å². The first-order valence-corrected chi connectivity index (χ1v) is 4.97. The molecule has 0 saturated carbocycles. The van der Waals surface area contributed by atoms with Crippen LogP contribution in [0, 0.1) is 6.92 Å². The van der Waals surface area contributed by atoms with Crippen LogP contribution in [0.25, 0.3) is 0 Å². The number of aryl methyl sites for hydroxylation is 1. The van der Waals surface area contributed by atoms with Gasteiger partial charge in [0.05, 0.1) is 30.0 Å². The first-order chi connectivity index (χ1) is 5.86. The highest BCUT2D eigenvalue weighted by atomic mass is 35.5. The highest BCUT2D eigenvalue weighted by molar-refractivity contribution is 7.09. The number of thiazole rings is 1. The number of hydrogen-bond donors (Lipinski definition) is 1. The van der Waals surface area contributed by atoms with Crippen LogP contribution in [0.4, 0.5) is 0 Å². The summed E-state index contributed by atoms with van der Waals surface area (Å²) < 4.78 is 5.35. The third-order valence-electron chi connectivity index (χ3n) is 1.92. The molecule has 0 aliphatic carbocycles. The van der Waals surface area contributed by atoms with Gasteiger partial charge < -0.3 is 10.1 Å². The van der Waals surface area contributed by atoms with Gasteiger partial charge in [0.15, 0.2) is 0 Å². The maximum absolute atomic E-state index is 5.35. The number of nitrogens with zero attached hydrogens (tertiary/aromatic N) is 1. The summed E-state index contributed by atoms with van der Waals surface area (Å²) in [6, 6.07) is 0.309. The Balaban J connectivity index is 0.000000845. The van der Waals surface area contributed by atoms with E-state index in [1.165, 1.54) is 0 Å². The van der Waals surface area contributed by atoms with Crippen molar-refractivity contribution in [3.05, 3.63) is 16.1 Å². The van der Waals surface area contributed by atoms with Gasteiger partial charge >= 0.3 is 0 Å². The predicted octanol–water partition coefficient (Wildman–Crippen LogP) is 1.53. The lowest BCUT2D eigenvalue weighted by atomic mass is 10.2. The van der Waals surface area contributed by atoms with E-state index >= 15 is 0 Å². The van der Waals surface area contributed by atoms with Crippen LogP contribution in [-0.2, 0) is 4.74 Å². The lowest BCUT2D eigenvalue weighted by Crippen LogP contribution is -2.34. The van der Waals surface area contributed by atoms with E-state index in [4.69, 9.17) is 4.74 Å². The molecule has 2 heterocycles. The third-order valence-corrected chi connectivity index (χ3v) is 2.71. The zero-order valence-electron chi connectivity index (χ0n) is 7.45. The second-order valence-electron chi connectivity index (χ2n) is 2.87. The minimum Gasteiger partial charge on any atom is -0.378 e. The van der Waals surface area contributed by atoms with Crippen LogP contribution in [0.3, 0.4) is 0 Å². The maximum Gasteiger partial charge on any atom is 0.0898 e. The summed E-state index contributed by atoms with van der Waals surface area (Å²) in [6.45, 7) is 4.53. The molecule has 0 spiro atoms. The van der Waals surface area contributed by atoms with Gasteiger partial charge in [0, 0.05) is 11.9 Å². The van der Waals surface area contributed by atoms with Gasteiger partial charge in [-0.15, -0.1) is 23.7 Å². The number of hydrogen-bond acceptors (Lipinski definition) is 4. The molecule has 1 atom stereocenters. The van der Waals surface area contributed by atoms with Gasteiger partial charge in [0.2, 0.25) is 0 Å². The number of ether oxygens (including phenoxy) is 1. The fourth-order valence-electron chi connectivity index (χ4n) is 1.30. The Morgan fingerprint density at radius 1 is 1.69 bits per heavy atom. The molecule has 1 saturated heterocycles. The van der Waals surface area contributed by atoms with Crippen LogP contribution in [0.1, 0.15) is 16.7 Å². The van der Waals surface area contributed by atoms with Gasteiger partial charge in [-0.3, -0.25) is 0 Å². The van der Waals surface area contributed by atoms with E-state index in [9.17, 15) is 0 Å². The molecule has 1 aromatic rings. The molecule has 1 aliphatic heterocycles. The van der Waals surface area contributed by atoms with E-state index in [1.807, 2.05) is 6.92 Å². The zero-order valence-corrected chi connectivity index (χ0v) is 9.08. The van der Waals surface area contributed by atoms with Crippen molar-refractivity contribution in [2.45, 2.75) is 13.0 Å². The summed E-state index contributed by atoms with van der Waals surface area (Å²) >= 11 is 1.69. The van der Waals surface area contributed by atoms with E-state index in [0.717, 1.165) is 30.5 Å². The summed E-state index contributed by atoms with van der Waals surface area (Å²) in [5.74, 6) is 0. The van der Waals surface area contributed by atoms with Crippen molar-refractivity contribution in [2.75, 3.05) is 19.8 Å². The van der Waals surface area contributed by atoms with Crippen LogP contribution in [0.2, 0.25) is 0 Å². The van der Waals surface area contributed by atoms with Crippen molar-refractivity contribution >= 4 is 23.7 Å². The number of rotatable bonds is 1. The van der Waals surface area contributed by atoms with Gasteiger partial charge in [-0.25, -0.2) is 4.98 Å². The second-order valence-corrected chi connectivity index (χ2v) is 3.94. The number of morpholine rings is 1. The Bertz CT molecular complexity index is 260. The van der Waals surface area contributed by atoms with Gasteiger partial charge in [0.1, 0.15) is 0 Å². The molecule has 74 valence electrons. The van der Waals surface area contributed by atoms with Crippen molar-refractivity contribution in [3.8, 4) is 0 Å². The Morgan fingerprint density at radius 2 is 2.54 bits per heavy atom. The Labute approximate surface area is 87.9 Å². The van der Waals surface area contributed by atoms with Crippen LogP contribution >= 0.6 is 23.7 Å². The van der Waals surface area contributed by atoms with Crippen LogP contribution in [0.5, 0.6) is 0 Å². The minimum atomic E-state index is 0. The molecule has 1 aliphatic rings. The third kappa shape index (κ3) is 2.64. The van der Waals surface area contributed by atoms with Crippen LogP contribution in [-0.4, -0.2) is 24.7 Å². The molecular weight excluding hydrogens is 208 g/mol. The highest BCUT2D eigenvalue weighted by Gasteiger charge is 2.16. The monoisotopic (exact) mass is 220 g/mol. The lowest BCUT2D eigenvalue weighted by molar-refractivity contribution is 0.0758. The first kappa shape index (κ1) is 10.9. The molecular formula is C8H13ClN2OS. The molecule has 1 fully saturated rings. The topological polar surface area (TPSA) is 34.1 Å². The van der Waals surface area contributed by atoms with E-state index < -0.39 is 0 Å². The predicted molar refractivity (Wildman–Crippen MR) is 55.7 cm³/mol. The Morgan fingerprint density at radius 3 is 3.08 bits per heavy atom. The summed E-state index contributed by atoms with van der Waals surface area (Å²) in [4.78, 5) is 4.41. The largest absolute Gasteiger partial charge is 0.378 e. The maximum atomic E-state index is 5.35. The second kappa shape index (κ2) is 4.91. The molecule has 2 rings (SSSR count). The molecule has 1 unspecified atom stereocenters. The normalized spacial score (nSPS) is 22.4. The van der Waals surface area contributed by atoms with Gasteiger partial charge in [-0.2, -0.15) is 0 Å². The SMILES string of the molecule is Cc1nc(C2COCCN2)cs1.Cl. The number of halogens is 1. The van der Waals surface area contributed by atoms with Gasteiger partial charge in [-0.1, -0.05) is 0 Å². The summed E-state index contributed by atoms with van der Waals surface area (Å²) in [6.07, 6.45) is 0. The summed E-state index contributed by atoms with van der Waals surface area (Å²) in [5, 5.41) is 6.59. The Hall–Kier alpha value is -0.160. The quantitative estimate of drug-likeness (QED) is 0.780. The van der Waals surface area contributed by atoms with E-state index in [-0.39, 0.29) is 12.4 Å². The Kier molecular flexibility index (Phi) is 4.12. The zero-order chi connectivity index (χ0) is 8.39. The van der Waals surface area contributed by atoms with Crippen LogP contribution in [0.15, 0.2) is 5.38 Å². The van der Waals surface area contributed by atoms with E-state index in [1.54, 1.807) is 11.3 Å². The number of aromatic nitrogens is 1. The molecule has 3 nitrogen and oxygen atoms in total. The van der Waals surface area contributed by atoms with Gasteiger partial charge in [0.25, 0.3) is 0 Å². The lowest BCUT2D eigenvalue weighted by Gasteiger charge is -2.21. The van der Waals surface area contributed by atoms with Crippen molar-refractivity contribution in [1.29, 1.82) is 0 Å². The summed E-state index contributed by atoms with van der Waals surface area (Å²) in [5.41, 5.74) is 1.12. The minimum absolute atomic E-state index is 0. The fourth-order valence-corrected chi connectivity index (χ4v) is 1.96. The molecule has 0 aromatic carbocycles. The molecule has 1 aromatic heterocycles. The molecule has 1 N–H and O–H groups in total. The van der Waals surface area contributed by atoms with Crippen molar-refractivity contribution in [2.24, 2.45) is 0 Å². The van der Waals surface area contributed by atoms with E-state index in [2.05, 4.69) is 15.7 Å². The first-order valence-electron chi connectivity index (χ1n) is 4.09. The molecule has 0 bridgehead atoms. The molecule has 0 amide bonds. The molecule has 13 heavy (non-hydrogen) atoms. The van der Waals surface area contributed by atoms with Crippen molar-refractivity contribution in [3.63, 3.8) is 0 Å². The smallest absolute Gasteiger partial charge is 0.0898 e. The highest BCUT2D eigenvalue weighted by Crippen LogP contribution is 2.17. The van der Waals surface area contributed by atoms with E-state index in [0.29, 0.717) is 6.04 Å². The fraction of sp³-hybridized carbons (Fsp3) is 0.625. The molecule has 5 heteroatoms. The molecule has 0 radical (unpaired) electrons. The number of nitrogens with one attached hydrogen (secondary N) is 1.